The number of halogens is 2. The highest BCUT2D eigenvalue weighted by Crippen LogP contribution is 2.36. The summed E-state index contributed by atoms with van der Waals surface area (Å²) in [4.78, 5) is 12.5. The number of carbonyl (C=O) groups excluding carboxylic acids is 1. The second kappa shape index (κ2) is 5.31. The molecule has 1 aromatic heterocycles. The Morgan fingerprint density at radius 2 is 2.17 bits per heavy atom. The first-order chi connectivity index (χ1) is 8.49. The number of hydrogen-bond acceptors (Lipinski definition) is 2. The zero-order chi connectivity index (χ0) is 13.3. The van der Waals surface area contributed by atoms with Gasteiger partial charge in [0.05, 0.1) is 5.02 Å². The first kappa shape index (κ1) is 13.4. The quantitative estimate of drug-likeness (QED) is 0.830. The Hall–Kier alpha value is -1.03. The smallest absolute Gasteiger partial charge is 0.263 e. The van der Waals surface area contributed by atoms with Crippen LogP contribution in [0.15, 0.2) is 30.4 Å². The molecule has 0 radical (unpaired) electrons. The molecule has 0 unspecified atom stereocenters. The van der Waals surface area contributed by atoms with Crippen LogP contribution in [0.3, 0.4) is 0 Å². The van der Waals surface area contributed by atoms with E-state index in [-0.39, 0.29) is 5.91 Å². The molecule has 18 heavy (non-hydrogen) atoms. The van der Waals surface area contributed by atoms with Crippen molar-refractivity contribution in [2.24, 2.45) is 0 Å². The second-order valence-electron chi connectivity index (χ2n) is 4.03. The van der Waals surface area contributed by atoms with Gasteiger partial charge in [-0.2, -0.15) is 0 Å². The van der Waals surface area contributed by atoms with Crippen LogP contribution in [0.25, 0.3) is 10.1 Å². The van der Waals surface area contributed by atoms with Crippen LogP contribution in [-0.2, 0) is 0 Å². The fourth-order valence-electron chi connectivity index (χ4n) is 1.50. The Kier molecular flexibility index (Phi) is 3.95. The van der Waals surface area contributed by atoms with Crippen molar-refractivity contribution in [2.75, 3.05) is 6.54 Å². The highest BCUT2D eigenvalue weighted by Gasteiger charge is 2.16. The van der Waals surface area contributed by atoms with Gasteiger partial charge < -0.3 is 5.32 Å². The predicted molar refractivity (Wildman–Crippen MR) is 79.0 cm³/mol. The van der Waals surface area contributed by atoms with Crippen LogP contribution in [0.2, 0.25) is 10.0 Å². The Balaban J connectivity index is 2.36. The monoisotopic (exact) mass is 299 g/mol. The molecule has 94 valence electrons. The van der Waals surface area contributed by atoms with Crippen LogP contribution in [0.4, 0.5) is 0 Å². The van der Waals surface area contributed by atoms with E-state index >= 15 is 0 Å². The summed E-state index contributed by atoms with van der Waals surface area (Å²) in [7, 11) is 0. The molecule has 0 saturated heterocycles. The molecule has 0 bridgehead atoms. The van der Waals surface area contributed by atoms with Gasteiger partial charge in [0.15, 0.2) is 0 Å². The topological polar surface area (TPSA) is 29.1 Å². The van der Waals surface area contributed by atoms with Crippen LogP contribution in [0.5, 0.6) is 0 Å². The third kappa shape index (κ3) is 2.69. The van der Waals surface area contributed by atoms with Gasteiger partial charge >= 0.3 is 0 Å². The van der Waals surface area contributed by atoms with Crippen molar-refractivity contribution in [3.63, 3.8) is 0 Å². The number of amides is 1. The van der Waals surface area contributed by atoms with E-state index in [4.69, 9.17) is 23.2 Å². The number of fused-ring (bicyclic) bond motifs is 1. The first-order valence-corrected chi connectivity index (χ1v) is 6.86. The normalized spacial score (nSPS) is 10.6. The molecular weight excluding hydrogens is 289 g/mol. The summed E-state index contributed by atoms with van der Waals surface area (Å²) in [6, 6.07) is 5.40. The predicted octanol–water partition coefficient (Wildman–Crippen LogP) is 4.51. The molecule has 0 aliphatic carbocycles. The van der Waals surface area contributed by atoms with Crippen molar-refractivity contribution in [3.8, 4) is 0 Å². The van der Waals surface area contributed by atoms with Gasteiger partial charge in [-0.3, -0.25) is 4.79 Å². The average Bonchev–Trinajstić information content (AvgIpc) is 2.63. The third-order valence-electron chi connectivity index (χ3n) is 2.35. The number of rotatable bonds is 3. The summed E-state index contributed by atoms with van der Waals surface area (Å²) in [5.41, 5.74) is 0.892. The molecule has 1 amide bonds. The molecule has 0 aliphatic heterocycles. The van der Waals surface area contributed by atoms with Gasteiger partial charge in [0, 0.05) is 21.7 Å². The highest BCUT2D eigenvalue weighted by molar-refractivity contribution is 7.21. The summed E-state index contributed by atoms with van der Waals surface area (Å²) >= 11 is 13.5. The van der Waals surface area contributed by atoms with Crippen LogP contribution in [0.1, 0.15) is 16.6 Å². The van der Waals surface area contributed by atoms with E-state index in [0.29, 0.717) is 21.5 Å². The number of hydrogen-bond donors (Lipinski definition) is 1. The molecule has 2 aromatic rings. The maximum atomic E-state index is 12.0. The molecule has 1 heterocycles. The van der Waals surface area contributed by atoms with E-state index in [9.17, 15) is 4.79 Å². The minimum atomic E-state index is -0.180. The minimum absolute atomic E-state index is 0.180. The highest BCUT2D eigenvalue weighted by atomic mass is 35.5. The molecule has 1 aromatic carbocycles. The third-order valence-corrected chi connectivity index (χ3v) is 4.24. The van der Waals surface area contributed by atoms with Crippen LogP contribution >= 0.6 is 34.5 Å². The maximum Gasteiger partial charge on any atom is 0.263 e. The van der Waals surface area contributed by atoms with Crippen molar-refractivity contribution in [1.82, 2.24) is 5.32 Å². The van der Waals surface area contributed by atoms with Crippen molar-refractivity contribution < 1.29 is 4.79 Å². The summed E-state index contributed by atoms with van der Waals surface area (Å²) in [6.45, 7) is 6.04. The first-order valence-electron chi connectivity index (χ1n) is 5.29. The van der Waals surface area contributed by atoms with E-state index in [1.54, 1.807) is 6.07 Å². The van der Waals surface area contributed by atoms with E-state index in [1.165, 1.54) is 11.3 Å². The van der Waals surface area contributed by atoms with Crippen LogP contribution in [0, 0.1) is 0 Å². The lowest BCUT2D eigenvalue weighted by Crippen LogP contribution is -2.24. The molecule has 0 spiro atoms. The number of thiophene rings is 1. The standard InChI is InChI=1S/C13H11Cl2NOS/c1-7(2)6-16-13(17)12-11(15)9-4-3-8(14)5-10(9)18-12/h3-5H,1,6H2,2H3,(H,16,17). The lowest BCUT2D eigenvalue weighted by Gasteiger charge is -2.02. The summed E-state index contributed by atoms with van der Waals surface area (Å²) in [5.74, 6) is -0.180. The second-order valence-corrected chi connectivity index (χ2v) is 5.89. The van der Waals surface area contributed by atoms with E-state index in [1.807, 2.05) is 19.1 Å². The Bertz CT molecular complexity index is 633. The van der Waals surface area contributed by atoms with Gasteiger partial charge in [0.1, 0.15) is 4.88 Å². The van der Waals surface area contributed by atoms with Crippen molar-refractivity contribution in [1.29, 1.82) is 0 Å². The fourth-order valence-corrected chi connectivity index (χ4v) is 3.21. The summed E-state index contributed by atoms with van der Waals surface area (Å²) in [6.07, 6.45) is 0. The molecule has 0 fully saturated rings. The van der Waals surface area contributed by atoms with Gasteiger partial charge in [-0.15, -0.1) is 11.3 Å². The van der Waals surface area contributed by atoms with Gasteiger partial charge in [-0.1, -0.05) is 41.4 Å². The Morgan fingerprint density at radius 1 is 1.44 bits per heavy atom. The van der Waals surface area contributed by atoms with Crippen LogP contribution < -0.4 is 5.32 Å². The fraction of sp³-hybridized carbons (Fsp3) is 0.154. The summed E-state index contributed by atoms with van der Waals surface area (Å²) in [5, 5.41) is 4.73. The molecule has 2 rings (SSSR count). The zero-order valence-corrected chi connectivity index (χ0v) is 12.0. The minimum Gasteiger partial charge on any atom is -0.348 e. The molecule has 2 nitrogen and oxygen atoms in total. The van der Waals surface area contributed by atoms with Crippen molar-refractivity contribution in [3.05, 3.63) is 45.3 Å². The SMILES string of the molecule is C=C(C)CNC(=O)c1sc2cc(Cl)ccc2c1Cl. The van der Waals surface area contributed by atoms with E-state index in [2.05, 4.69) is 11.9 Å². The van der Waals surface area contributed by atoms with Gasteiger partial charge in [-0.05, 0) is 19.1 Å². The van der Waals surface area contributed by atoms with Crippen molar-refractivity contribution >= 4 is 50.5 Å². The Labute approximate surface area is 119 Å². The van der Waals surface area contributed by atoms with Gasteiger partial charge in [-0.25, -0.2) is 0 Å². The van der Waals surface area contributed by atoms with Crippen LogP contribution in [-0.4, -0.2) is 12.5 Å². The number of nitrogens with one attached hydrogen (secondary N) is 1. The molecule has 1 N–H and O–H groups in total. The molecule has 0 saturated carbocycles. The lowest BCUT2D eigenvalue weighted by molar-refractivity contribution is 0.0961. The number of carbonyl (C=O) groups is 1. The van der Waals surface area contributed by atoms with E-state index in [0.717, 1.165) is 15.7 Å². The largest absolute Gasteiger partial charge is 0.348 e. The number of benzene rings is 1. The zero-order valence-electron chi connectivity index (χ0n) is 9.72. The maximum absolute atomic E-state index is 12.0. The Morgan fingerprint density at radius 3 is 2.83 bits per heavy atom. The molecule has 0 aliphatic rings. The molecular formula is C13H11Cl2NOS. The van der Waals surface area contributed by atoms with Gasteiger partial charge in [0.2, 0.25) is 0 Å². The summed E-state index contributed by atoms with van der Waals surface area (Å²) < 4.78 is 0.910. The van der Waals surface area contributed by atoms with Gasteiger partial charge in [0.25, 0.3) is 5.91 Å². The lowest BCUT2D eigenvalue weighted by atomic mass is 10.2. The van der Waals surface area contributed by atoms with E-state index < -0.39 is 0 Å². The average molecular weight is 300 g/mol. The molecule has 5 heteroatoms. The van der Waals surface area contributed by atoms with Crippen molar-refractivity contribution in [2.45, 2.75) is 6.92 Å². The molecule has 0 atom stereocenters.